The van der Waals surface area contributed by atoms with Crippen molar-refractivity contribution in [1.82, 2.24) is 0 Å². The minimum atomic E-state index is -0.548. The Labute approximate surface area is 101 Å². The number of carbonyl (C=O) groups excluding carboxylic acids is 1. The van der Waals surface area contributed by atoms with Crippen LogP contribution in [0.3, 0.4) is 0 Å². The first-order valence-electron chi connectivity index (χ1n) is 5.89. The van der Waals surface area contributed by atoms with Gasteiger partial charge in [0.05, 0.1) is 0 Å². The van der Waals surface area contributed by atoms with Gasteiger partial charge in [-0.25, -0.2) is 0 Å². The number of hydrogen-bond donors (Lipinski definition) is 0. The van der Waals surface area contributed by atoms with Gasteiger partial charge in [-0.1, -0.05) is 42.0 Å². The third-order valence-electron chi connectivity index (χ3n) is 3.66. The van der Waals surface area contributed by atoms with Crippen LogP contribution in [0.25, 0.3) is 0 Å². The third-order valence-corrected chi connectivity index (χ3v) is 3.66. The Hall–Kier alpha value is -1.83. The van der Waals surface area contributed by atoms with Gasteiger partial charge in [0, 0.05) is 12.7 Å². The number of carbonyl (C=O) groups is 1. The Kier molecular flexibility index (Phi) is 2.02. The quantitative estimate of drug-likeness (QED) is 0.622. The highest BCUT2D eigenvalue weighted by molar-refractivity contribution is 6.10. The molecule has 2 heteroatoms. The van der Waals surface area contributed by atoms with Gasteiger partial charge in [-0.3, -0.25) is 4.79 Å². The van der Waals surface area contributed by atoms with E-state index in [-0.39, 0.29) is 5.91 Å². The first-order valence-corrected chi connectivity index (χ1v) is 5.89. The van der Waals surface area contributed by atoms with Crippen molar-refractivity contribution in [3.63, 3.8) is 0 Å². The van der Waals surface area contributed by atoms with Gasteiger partial charge in [0.25, 0.3) is 0 Å². The van der Waals surface area contributed by atoms with Crippen molar-refractivity contribution in [3.05, 3.63) is 53.6 Å². The average molecular weight is 225 g/mol. The van der Waals surface area contributed by atoms with E-state index in [4.69, 9.17) is 0 Å². The summed E-state index contributed by atoms with van der Waals surface area (Å²) in [6.45, 7) is 2.08. The number of rotatable bonds is 0. The van der Waals surface area contributed by atoms with Gasteiger partial charge in [-0.15, -0.1) is 0 Å². The number of hydrogen-bond acceptors (Lipinski definition) is 1. The molecule has 1 unspecified atom stereocenters. The number of fused-ring (bicyclic) bond motifs is 2. The summed E-state index contributed by atoms with van der Waals surface area (Å²) in [7, 11) is 1.85. The Morgan fingerprint density at radius 3 is 2.82 bits per heavy atom. The number of para-hydroxylation sites is 1. The average Bonchev–Trinajstić information content (AvgIpc) is 2.54. The molecule has 1 aromatic carbocycles. The molecule has 0 radical (unpaired) electrons. The molecule has 0 fully saturated rings. The Morgan fingerprint density at radius 1 is 1.29 bits per heavy atom. The zero-order valence-corrected chi connectivity index (χ0v) is 10.1. The number of benzene rings is 1. The highest BCUT2D eigenvalue weighted by Crippen LogP contribution is 2.45. The van der Waals surface area contributed by atoms with Gasteiger partial charge < -0.3 is 4.90 Å². The van der Waals surface area contributed by atoms with Crippen LogP contribution in [0.15, 0.2) is 48.1 Å². The smallest absolute Gasteiger partial charge is 0.245 e. The fraction of sp³-hybridized carbons (Fsp3) is 0.267. The summed E-state index contributed by atoms with van der Waals surface area (Å²) in [6.07, 6.45) is 7.20. The molecule has 0 saturated carbocycles. The molecule has 1 aliphatic heterocycles. The molecule has 3 rings (SSSR count). The van der Waals surface area contributed by atoms with Crippen molar-refractivity contribution in [2.45, 2.75) is 18.8 Å². The predicted octanol–water partition coefficient (Wildman–Crippen LogP) is 2.81. The largest absolute Gasteiger partial charge is 0.314 e. The minimum Gasteiger partial charge on any atom is -0.314 e. The van der Waals surface area contributed by atoms with Crippen LogP contribution in [0.5, 0.6) is 0 Å². The van der Waals surface area contributed by atoms with Crippen LogP contribution in [0.2, 0.25) is 0 Å². The zero-order chi connectivity index (χ0) is 12.0. The molecule has 0 N–H and O–H groups in total. The van der Waals surface area contributed by atoms with Gasteiger partial charge in [0.2, 0.25) is 5.91 Å². The van der Waals surface area contributed by atoms with Crippen molar-refractivity contribution in [2.24, 2.45) is 0 Å². The summed E-state index contributed by atoms with van der Waals surface area (Å²) in [6, 6.07) is 8.03. The van der Waals surface area contributed by atoms with E-state index in [0.29, 0.717) is 0 Å². The fourth-order valence-electron chi connectivity index (χ4n) is 2.85. The van der Waals surface area contributed by atoms with Crippen LogP contribution >= 0.6 is 0 Å². The lowest BCUT2D eigenvalue weighted by Gasteiger charge is -2.24. The van der Waals surface area contributed by atoms with Crippen molar-refractivity contribution in [1.29, 1.82) is 0 Å². The van der Waals surface area contributed by atoms with E-state index < -0.39 is 5.41 Å². The lowest BCUT2D eigenvalue weighted by atomic mass is 9.77. The normalized spacial score (nSPS) is 26.4. The number of allylic oxidation sites excluding steroid dienone is 2. The van der Waals surface area contributed by atoms with E-state index in [1.54, 1.807) is 4.90 Å². The number of nitrogens with zero attached hydrogens (tertiary/aromatic N) is 1. The molecule has 1 spiro atoms. The van der Waals surface area contributed by atoms with Crippen molar-refractivity contribution in [2.75, 3.05) is 11.9 Å². The van der Waals surface area contributed by atoms with Crippen LogP contribution in [0.4, 0.5) is 5.69 Å². The Balaban J connectivity index is 2.28. The Bertz CT molecular complexity index is 556. The lowest BCUT2D eigenvalue weighted by Crippen LogP contribution is -2.36. The summed E-state index contributed by atoms with van der Waals surface area (Å²) in [5.74, 6) is 0.147. The first kappa shape index (κ1) is 10.3. The molecular weight excluding hydrogens is 210 g/mol. The van der Waals surface area contributed by atoms with E-state index in [0.717, 1.165) is 17.7 Å². The molecule has 1 amide bonds. The van der Waals surface area contributed by atoms with Crippen LogP contribution in [-0.4, -0.2) is 13.0 Å². The molecule has 86 valence electrons. The second-order valence-corrected chi connectivity index (χ2v) is 4.85. The number of amides is 1. The van der Waals surface area contributed by atoms with E-state index in [1.165, 1.54) is 5.57 Å². The van der Waals surface area contributed by atoms with Gasteiger partial charge in [0.15, 0.2) is 0 Å². The van der Waals surface area contributed by atoms with Gasteiger partial charge in [0.1, 0.15) is 5.41 Å². The molecule has 0 bridgehead atoms. The molecular formula is C15H15NO. The van der Waals surface area contributed by atoms with Crippen molar-refractivity contribution < 1.29 is 4.79 Å². The summed E-state index contributed by atoms with van der Waals surface area (Å²) in [5.41, 5.74) is 2.83. The highest BCUT2D eigenvalue weighted by Gasteiger charge is 2.46. The maximum atomic E-state index is 12.5. The second kappa shape index (κ2) is 3.33. The standard InChI is InChI=1S/C15H15NO/c1-11-6-5-9-15(10-11)12-7-3-4-8-13(12)16(2)14(15)17/h3-5,7-10H,6H2,1-2H3. The highest BCUT2D eigenvalue weighted by atomic mass is 16.2. The van der Waals surface area contributed by atoms with E-state index in [2.05, 4.69) is 25.1 Å². The summed E-state index contributed by atoms with van der Waals surface area (Å²) in [5, 5.41) is 0. The summed E-state index contributed by atoms with van der Waals surface area (Å²) < 4.78 is 0. The molecule has 0 aromatic heterocycles. The van der Waals surface area contributed by atoms with Gasteiger partial charge in [-0.05, 0) is 25.0 Å². The third kappa shape index (κ3) is 1.24. The topological polar surface area (TPSA) is 20.3 Å². The predicted molar refractivity (Wildman–Crippen MR) is 69.0 cm³/mol. The van der Waals surface area contributed by atoms with Gasteiger partial charge in [-0.2, -0.15) is 0 Å². The minimum absolute atomic E-state index is 0.147. The molecule has 0 saturated heterocycles. The van der Waals surface area contributed by atoms with E-state index >= 15 is 0 Å². The molecule has 1 atom stereocenters. The molecule has 2 nitrogen and oxygen atoms in total. The molecule has 1 aromatic rings. The molecule has 1 aliphatic carbocycles. The maximum absolute atomic E-state index is 12.5. The number of anilines is 1. The van der Waals surface area contributed by atoms with E-state index in [1.807, 2.05) is 31.3 Å². The summed E-state index contributed by atoms with van der Waals surface area (Å²) in [4.78, 5) is 14.3. The van der Waals surface area contributed by atoms with Crippen LogP contribution in [0.1, 0.15) is 18.9 Å². The zero-order valence-electron chi connectivity index (χ0n) is 10.1. The first-order chi connectivity index (χ1) is 8.15. The van der Waals surface area contributed by atoms with Crippen molar-refractivity contribution in [3.8, 4) is 0 Å². The Morgan fingerprint density at radius 2 is 2.06 bits per heavy atom. The molecule has 17 heavy (non-hydrogen) atoms. The maximum Gasteiger partial charge on any atom is 0.245 e. The van der Waals surface area contributed by atoms with Gasteiger partial charge >= 0.3 is 0 Å². The molecule has 1 heterocycles. The lowest BCUT2D eigenvalue weighted by molar-refractivity contribution is -0.120. The number of likely N-dealkylation sites (N-methyl/N-ethyl adjacent to an activating group) is 1. The van der Waals surface area contributed by atoms with Crippen LogP contribution < -0.4 is 4.90 Å². The second-order valence-electron chi connectivity index (χ2n) is 4.85. The van der Waals surface area contributed by atoms with Crippen LogP contribution in [0, 0.1) is 0 Å². The monoisotopic (exact) mass is 225 g/mol. The molecule has 2 aliphatic rings. The van der Waals surface area contributed by atoms with Crippen molar-refractivity contribution >= 4 is 11.6 Å². The fourth-order valence-corrected chi connectivity index (χ4v) is 2.85. The SMILES string of the molecule is CC1=CC2(C=CC1)C(=O)N(C)c1ccccc12. The van der Waals surface area contributed by atoms with E-state index in [9.17, 15) is 4.79 Å². The summed E-state index contributed by atoms with van der Waals surface area (Å²) >= 11 is 0. The van der Waals surface area contributed by atoms with Crippen LogP contribution in [-0.2, 0) is 10.2 Å².